The first-order valence-electron chi connectivity index (χ1n) is 11.1. The van der Waals surface area contributed by atoms with Crippen molar-refractivity contribution in [3.05, 3.63) is 76.7 Å². The number of ether oxygens (including phenoxy) is 2. The largest absolute Gasteiger partial charge is 0.487 e. The minimum Gasteiger partial charge on any atom is -0.487 e. The second-order valence-corrected chi connectivity index (χ2v) is 8.99. The smallest absolute Gasteiger partial charge is 0.248 e. The van der Waals surface area contributed by atoms with Crippen molar-refractivity contribution >= 4 is 22.9 Å². The molecule has 0 saturated carbocycles. The van der Waals surface area contributed by atoms with E-state index in [0.29, 0.717) is 25.7 Å². The number of nitrogens with zero attached hydrogens (tertiary/aromatic N) is 3. The van der Waals surface area contributed by atoms with Gasteiger partial charge in [-0.1, -0.05) is 30.3 Å². The van der Waals surface area contributed by atoms with Crippen molar-refractivity contribution < 1.29 is 14.3 Å². The number of carbonyl (C=O) groups excluding carboxylic acids is 1. The summed E-state index contributed by atoms with van der Waals surface area (Å²) < 4.78 is 11.6. The first-order chi connectivity index (χ1) is 15.8. The molecule has 0 aliphatic carbocycles. The maximum Gasteiger partial charge on any atom is 0.248 e. The van der Waals surface area contributed by atoms with Gasteiger partial charge in [-0.05, 0) is 42.7 Å². The van der Waals surface area contributed by atoms with Crippen LogP contribution in [0.5, 0.6) is 5.75 Å². The minimum absolute atomic E-state index is 0.0123. The highest BCUT2D eigenvalue weighted by molar-refractivity contribution is 7.07. The lowest BCUT2D eigenvalue weighted by Crippen LogP contribution is -2.57. The van der Waals surface area contributed by atoms with Gasteiger partial charge in [0.1, 0.15) is 18.5 Å². The second kappa shape index (κ2) is 9.71. The van der Waals surface area contributed by atoms with Crippen molar-refractivity contribution in [2.24, 2.45) is 0 Å². The Morgan fingerprint density at radius 2 is 1.91 bits per heavy atom. The molecule has 2 aliphatic heterocycles. The summed E-state index contributed by atoms with van der Waals surface area (Å²) in [6, 6.07) is 18.6. The van der Waals surface area contributed by atoms with Gasteiger partial charge < -0.3 is 19.3 Å². The van der Waals surface area contributed by atoms with E-state index in [9.17, 15) is 4.79 Å². The first kappa shape index (κ1) is 21.0. The zero-order valence-corrected chi connectivity index (χ0v) is 18.7. The van der Waals surface area contributed by atoms with Crippen LogP contribution < -0.4 is 9.64 Å². The van der Waals surface area contributed by atoms with Crippen LogP contribution in [0.4, 0.5) is 5.69 Å². The number of amides is 1. The van der Waals surface area contributed by atoms with Gasteiger partial charge in [0.25, 0.3) is 0 Å². The van der Waals surface area contributed by atoms with E-state index in [2.05, 4.69) is 27.4 Å². The lowest BCUT2D eigenvalue weighted by molar-refractivity contribution is -0.145. The molecule has 0 bridgehead atoms. The van der Waals surface area contributed by atoms with Gasteiger partial charge in [-0.25, -0.2) is 4.98 Å². The summed E-state index contributed by atoms with van der Waals surface area (Å²) in [6.45, 7) is 2.81. The zero-order chi connectivity index (χ0) is 21.8. The van der Waals surface area contributed by atoms with Crippen molar-refractivity contribution in [2.45, 2.75) is 31.6 Å². The fourth-order valence-electron chi connectivity index (χ4n) is 4.32. The summed E-state index contributed by atoms with van der Waals surface area (Å²) in [5.74, 6) is 0.855. The number of carbonyl (C=O) groups is 1. The van der Waals surface area contributed by atoms with E-state index in [0.717, 1.165) is 24.3 Å². The van der Waals surface area contributed by atoms with Crippen LogP contribution >= 0.6 is 11.3 Å². The zero-order valence-electron chi connectivity index (χ0n) is 17.9. The molecule has 0 radical (unpaired) electrons. The maximum absolute atomic E-state index is 12.3. The van der Waals surface area contributed by atoms with Crippen molar-refractivity contribution in [3.8, 4) is 5.75 Å². The van der Waals surface area contributed by atoms with E-state index >= 15 is 0 Å². The second-order valence-electron chi connectivity index (χ2n) is 8.28. The highest BCUT2D eigenvalue weighted by atomic mass is 32.1. The van der Waals surface area contributed by atoms with Gasteiger partial charge in [-0.15, -0.1) is 11.3 Å². The molecule has 1 unspecified atom stereocenters. The monoisotopic (exact) mass is 449 g/mol. The van der Waals surface area contributed by atoms with E-state index in [4.69, 9.17) is 9.47 Å². The topological polar surface area (TPSA) is 54.9 Å². The summed E-state index contributed by atoms with van der Waals surface area (Å²) in [5, 5.41) is 2.15. The summed E-state index contributed by atoms with van der Waals surface area (Å²) in [7, 11) is 0. The number of thiazole rings is 1. The number of likely N-dealkylation sites (tertiary alicyclic amines) is 1. The van der Waals surface area contributed by atoms with Gasteiger partial charge in [0.2, 0.25) is 5.91 Å². The first-order valence-corrected chi connectivity index (χ1v) is 12.0. The standard InChI is InChI=1S/C25H27N3O3S/c29-25(16-30-15-19-5-2-1-3-6-19)27-13-22(14-27)31-21-10-8-20(9-11-21)28-12-4-7-24(28)23-17-32-18-26-23/h1-3,5-6,8-11,17-18,22,24H,4,7,12-16H2. The molecule has 32 heavy (non-hydrogen) atoms. The summed E-state index contributed by atoms with van der Waals surface area (Å²) in [5.41, 5.74) is 5.35. The molecule has 5 rings (SSSR count). The minimum atomic E-state index is 0.0123. The highest BCUT2D eigenvalue weighted by Gasteiger charge is 2.32. The fourth-order valence-corrected chi connectivity index (χ4v) is 4.92. The molecule has 6 nitrogen and oxygen atoms in total. The SMILES string of the molecule is O=C(COCc1ccccc1)N1CC(Oc2ccc(N3CCCC3c3cscn3)cc2)C1. The lowest BCUT2D eigenvalue weighted by atomic mass is 10.1. The number of rotatable bonds is 8. The van der Waals surface area contributed by atoms with Crippen LogP contribution in [0, 0.1) is 0 Å². The Bertz CT molecular complexity index is 1000. The molecule has 2 saturated heterocycles. The predicted octanol–water partition coefficient (Wildman–Crippen LogP) is 4.29. The van der Waals surface area contributed by atoms with Gasteiger partial charge in [0.05, 0.1) is 36.9 Å². The van der Waals surface area contributed by atoms with E-state index in [1.54, 1.807) is 16.2 Å². The Morgan fingerprint density at radius 3 is 2.66 bits per heavy atom. The van der Waals surface area contributed by atoms with Crippen LogP contribution in [0.15, 0.2) is 65.5 Å². The highest BCUT2D eigenvalue weighted by Crippen LogP contribution is 2.36. The van der Waals surface area contributed by atoms with Crippen LogP contribution in [-0.2, 0) is 16.1 Å². The molecular weight excluding hydrogens is 422 g/mol. The Hall–Kier alpha value is -2.90. The van der Waals surface area contributed by atoms with Crippen molar-refractivity contribution in [1.29, 1.82) is 0 Å². The molecule has 0 spiro atoms. The van der Waals surface area contributed by atoms with Gasteiger partial charge in [0.15, 0.2) is 0 Å². The van der Waals surface area contributed by atoms with Gasteiger partial charge >= 0.3 is 0 Å². The third-order valence-electron chi connectivity index (χ3n) is 6.05. The Morgan fingerprint density at radius 1 is 1.09 bits per heavy atom. The van der Waals surface area contributed by atoms with Crippen LogP contribution in [0.3, 0.4) is 0 Å². The molecule has 7 heteroatoms. The van der Waals surface area contributed by atoms with Crippen molar-refractivity contribution in [3.63, 3.8) is 0 Å². The lowest BCUT2D eigenvalue weighted by Gasteiger charge is -2.39. The fraction of sp³-hybridized carbons (Fsp3) is 0.360. The normalized spacial score (nSPS) is 18.6. The van der Waals surface area contributed by atoms with Crippen LogP contribution in [0.1, 0.15) is 30.1 Å². The molecule has 3 heterocycles. The summed E-state index contributed by atoms with van der Waals surface area (Å²) >= 11 is 1.65. The molecular formula is C25H27N3O3S. The molecule has 3 aromatic rings. The molecule has 1 amide bonds. The average Bonchev–Trinajstić information content (AvgIpc) is 3.49. The number of benzene rings is 2. The van der Waals surface area contributed by atoms with E-state index < -0.39 is 0 Å². The van der Waals surface area contributed by atoms with Crippen LogP contribution in [0.2, 0.25) is 0 Å². The van der Waals surface area contributed by atoms with E-state index in [-0.39, 0.29) is 18.6 Å². The molecule has 0 N–H and O–H groups in total. The molecule has 2 aliphatic rings. The van der Waals surface area contributed by atoms with Crippen molar-refractivity contribution in [2.75, 3.05) is 31.1 Å². The van der Waals surface area contributed by atoms with Gasteiger partial charge in [-0.2, -0.15) is 0 Å². The Kier molecular flexibility index (Phi) is 6.36. The molecule has 1 atom stereocenters. The quantitative estimate of drug-likeness (QED) is 0.514. The molecule has 166 valence electrons. The molecule has 2 fully saturated rings. The van der Waals surface area contributed by atoms with Crippen molar-refractivity contribution in [1.82, 2.24) is 9.88 Å². The van der Waals surface area contributed by atoms with Gasteiger partial charge in [0, 0.05) is 17.6 Å². The van der Waals surface area contributed by atoms with Gasteiger partial charge in [-0.3, -0.25) is 4.79 Å². The maximum atomic E-state index is 12.3. The third-order valence-corrected chi connectivity index (χ3v) is 6.66. The Labute approximate surface area is 192 Å². The van der Waals surface area contributed by atoms with Crippen LogP contribution in [-0.4, -0.2) is 48.1 Å². The molecule has 1 aromatic heterocycles. The Balaban J connectivity index is 1.07. The third kappa shape index (κ3) is 4.79. The predicted molar refractivity (Wildman–Crippen MR) is 125 cm³/mol. The van der Waals surface area contributed by atoms with Crippen LogP contribution in [0.25, 0.3) is 0 Å². The molecule has 2 aromatic carbocycles. The summed E-state index contributed by atoms with van der Waals surface area (Å²) in [6.07, 6.45) is 2.36. The van der Waals surface area contributed by atoms with E-state index in [1.165, 1.54) is 17.8 Å². The number of aromatic nitrogens is 1. The number of hydrogen-bond donors (Lipinski definition) is 0. The number of hydrogen-bond acceptors (Lipinski definition) is 6. The average molecular weight is 450 g/mol. The van der Waals surface area contributed by atoms with E-state index in [1.807, 2.05) is 48.0 Å². The summed E-state index contributed by atoms with van der Waals surface area (Å²) in [4.78, 5) is 21.0. The number of anilines is 1.